The summed E-state index contributed by atoms with van der Waals surface area (Å²) in [5.74, 6) is -1.53. The minimum atomic E-state index is -0.775. The SMILES string of the molecule is Fc1ccc(C2=C3CC(C2)N(Cc2ccccc2)C3)cc1F. The topological polar surface area (TPSA) is 3.24 Å². The fraction of sp³-hybridized carbons (Fsp3) is 0.263. The Morgan fingerprint density at radius 2 is 1.77 bits per heavy atom. The Balaban J connectivity index is 1.55. The first kappa shape index (κ1) is 13.6. The third-order valence-electron chi connectivity index (χ3n) is 4.76. The number of fused-ring (bicyclic) bond motifs is 2. The van der Waals surface area contributed by atoms with E-state index in [4.69, 9.17) is 0 Å². The van der Waals surface area contributed by atoms with Gasteiger partial charge in [-0.2, -0.15) is 0 Å². The molecule has 0 amide bonds. The molecule has 112 valence electrons. The summed E-state index contributed by atoms with van der Waals surface area (Å²) < 4.78 is 26.5. The van der Waals surface area contributed by atoms with Crippen LogP contribution in [0.25, 0.3) is 5.57 Å². The Kier molecular flexibility index (Phi) is 3.30. The minimum Gasteiger partial charge on any atom is -0.292 e. The predicted molar refractivity (Wildman–Crippen MR) is 83.2 cm³/mol. The molecular formula is C19H17F2N. The van der Waals surface area contributed by atoms with Crippen LogP contribution in [0.4, 0.5) is 8.78 Å². The number of nitrogens with zero attached hydrogens (tertiary/aromatic N) is 1. The van der Waals surface area contributed by atoms with Crippen molar-refractivity contribution in [3.05, 3.63) is 76.9 Å². The van der Waals surface area contributed by atoms with Crippen molar-refractivity contribution in [2.45, 2.75) is 25.4 Å². The van der Waals surface area contributed by atoms with E-state index in [1.165, 1.54) is 28.8 Å². The molecule has 2 aliphatic rings. The van der Waals surface area contributed by atoms with Crippen molar-refractivity contribution in [3.63, 3.8) is 0 Å². The molecule has 1 fully saturated rings. The highest BCUT2D eigenvalue weighted by molar-refractivity contribution is 5.73. The number of hydrogen-bond acceptors (Lipinski definition) is 1. The van der Waals surface area contributed by atoms with Crippen molar-refractivity contribution in [2.75, 3.05) is 6.54 Å². The molecule has 1 aliphatic carbocycles. The van der Waals surface area contributed by atoms with Crippen LogP contribution in [-0.2, 0) is 6.54 Å². The lowest BCUT2D eigenvalue weighted by molar-refractivity contribution is 0.247. The van der Waals surface area contributed by atoms with Crippen molar-refractivity contribution in [1.29, 1.82) is 0 Å². The molecule has 0 N–H and O–H groups in total. The van der Waals surface area contributed by atoms with Crippen molar-refractivity contribution in [1.82, 2.24) is 4.90 Å². The van der Waals surface area contributed by atoms with Gasteiger partial charge in [-0.25, -0.2) is 8.78 Å². The van der Waals surface area contributed by atoms with Crippen LogP contribution in [0.5, 0.6) is 0 Å². The van der Waals surface area contributed by atoms with Crippen LogP contribution in [-0.4, -0.2) is 17.5 Å². The molecule has 0 aromatic heterocycles. The van der Waals surface area contributed by atoms with Gasteiger partial charge < -0.3 is 0 Å². The fourth-order valence-corrected chi connectivity index (χ4v) is 3.66. The van der Waals surface area contributed by atoms with Crippen LogP contribution in [0.3, 0.4) is 0 Å². The molecule has 1 heterocycles. The Morgan fingerprint density at radius 1 is 0.955 bits per heavy atom. The van der Waals surface area contributed by atoms with Crippen LogP contribution in [0, 0.1) is 11.6 Å². The van der Waals surface area contributed by atoms with Gasteiger partial charge in [0.15, 0.2) is 11.6 Å². The van der Waals surface area contributed by atoms with E-state index in [1.807, 2.05) is 6.07 Å². The first-order valence-corrected chi connectivity index (χ1v) is 7.65. The van der Waals surface area contributed by atoms with Crippen molar-refractivity contribution in [3.8, 4) is 0 Å². The molecular weight excluding hydrogens is 280 g/mol. The van der Waals surface area contributed by atoms with Gasteiger partial charge in [-0.05, 0) is 41.7 Å². The zero-order valence-corrected chi connectivity index (χ0v) is 12.2. The Labute approximate surface area is 128 Å². The van der Waals surface area contributed by atoms with Crippen molar-refractivity contribution < 1.29 is 8.78 Å². The van der Waals surface area contributed by atoms with Gasteiger partial charge in [0.2, 0.25) is 0 Å². The van der Waals surface area contributed by atoms with Crippen molar-refractivity contribution >= 4 is 5.57 Å². The first-order valence-electron chi connectivity index (χ1n) is 7.65. The highest BCUT2D eigenvalue weighted by atomic mass is 19.2. The maximum Gasteiger partial charge on any atom is 0.159 e. The van der Waals surface area contributed by atoms with E-state index in [0.717, 1.165) is 31.5 Å². The van der Waals surface area contributed by atoms with E-state index in [9.17, 15) is 8.78 Å². The maximum absolute atomic E-state index is 13.4. The summed E-state index contributed by atoms with van der Waals surface area (Å²) in [6.45, 7) is 1.90. The van der Waals surface area contributed by atoms with Crippen molar-refractivity contribution in [2.24, 2.45) is 0 Å². The fourth-order valence-electron chi connectivity index (χ4n) is 3.66. The molecule has 1 saturated heterocycles. The second-order valence-electron chi connectivity index (χ2n) is 6.16. The second kappa shape index (κ2) is 5.33. The molecule has 3 heteroatoms. The summed E-state index contributed by atoms with van der Waals surface area (Å²) in [5.41, 5.74) is 4.76. The molecule has 1 nitrogen and oxygen atoms in total. The van der Waals surface area contributed by atoms with Gasteiger partial charge >= 0.3 is 0 Å². The third-order valence-corrected chi connectivity index (χ3v) is 4.76. The summed E-state index contributed by atoms with van der Waals surface area (Å²) in [5, 5.41) is 0. The normalized spacial score (nSPS) is 20.9. The average molecular weight is 297 g/mol. The van der Waals surface area contributed by atoms with Gasteiger partial charge in [0.05, 0.1) is 0 Å². The van der Waals surface area contributed by atoms with Gasteiger partial charge in [0.25, 0.3) is 0 Å². The van der Waals surface area contributed by atoms with Crippen LogP contribution < -0.4 is 0 Å². The molecule has 1 aliphatic heterocycles. The summed E-state index contributed by atoms with van der Waals surface area (Å²) >= 11 is 0. The number of benzene rings is 2. The zero-order chi connectivity index (χ0) is 15.1. The summed E-state index contributed by atoms with van der Waals surface area (Å²) in [7, 11) is 0. The molecule has 1 unspecified atom stereocenters. The molecule has 2 aromatic rings. The highest BCUT2D eigenvalue weighted by Crippen LogP contribution is 2.43. The quantitative estimate of drug-likeness (QED) is 0.812. The van der Waals surface area contributed by atoms with E-state index in [-0.39, 0.29) is 0 Å². The molecule has 0 radical (unpaired) electrons. The first-order chi connectivity index (χ1) is 10.7. The highest BCUT2D eigenvalue weighted by Gasteiger charge is 2.36. The molecule has 0 spiro atoms. The molecule has 2 bridgehead atoms. The van der Waals surface area contributed by atoms with Crippen LogP contribution in [0.2, 0.25) is 0 Å². The van der Waals surface area contributed by atoms with Gasteiger partial charge in [-0.15, -0.1) is 0 Å². The Bertz CT molecular complexity index is 736. The lowest BCUT2D eigenvalue weighted by Gasteiger charge is -2.27. The van der Waals surface area contributed by atoms with Gasteiger partial charge in [0, 0.05) is 19.1 Å². The third kappa shape index (κ3) is 2.35. The molecule has 2 aromatic carbocycles. The van der Waals surface area contributed by atoms with Gasteiger partial charge in [-0.1, -0.05) is 42.0 Å². The largest absolute Gasteiger partial charge is 0.292 e. The summed E-state index contributed by atoms with van der Waals surface area (Å²) in [6, 6.07) is 15.2. The smallest absolute Gasteiger partial charge is 0.159 e. The monoisotopic (exact) mass is 297 g/mol. The van der Waals surface area contributed by atoms with E-state index in [2.05, 4.69) is 29.2 Å². The van der Waals surface area contributed by atoms with E-state index >= 15 is 0 Å². The lowest BCUT2D eigenvalue weighted by atomic mass is 9.99. The Morgan fingerprint density at radius 3 is 2.45 bits per heavy atom. The van der Waals surface area contributed by atoms with E-state index < -0.39 is 11.6 Å². The van der Waals surface area contributed by atoms with Gasteiger partial charge in [-0.3, -0.25) is 4.90 Å². The molecule has 0 saturated carbocycles. The predicted octanol–water partition coefficient (Wildman–Crippen LogP) is 4.40. The van der Waals surface area contributed by atoms with E-state index in [0.29, 0.717) is 6.04 Å². The van der Waals surface area contributed by atoms with Gasteiger partial charge in [0.1, 0.15) is 0 Å². The number of hydrogen-bond donors (Lipinski definition) is 0. The van der Waals surface area contributed by atoms with E-state index in [1.54, 1.807) is 6.07 Å². The summed E-state index contributed by atoms with van der Waals surface area (Å²) in [6.07, 6.45) is 1.99. The van der Waals surface area contributed by atoms with Crippen LogP contribution in [0.1, 0.15) is 24.0 Å². The molecule has 4 rings (SSSR count). The number of rotatable bonds is 3. The number of halogens is 2. The maximum atomic E-state index is 13.4. The lowest BCUT2D eigenvalue weighted by Crippen LogP contribution is -2.30. The minimum absolute atomic E-state index is 0.498. The second-order valence-corrected chi connectivity index (χ2v) is 6.16. The summed E-state index contributed by atoms with van der Waals surface area (Å²) in [4.78, 5) is 2.48. The number of likely N-dealkylation sites (tertiary alicyclic amines) is 1. The average Bonchev–Trinajstić information content (AvgIpc) is 3.11. The molecule has 1 atom stereocenters. The standard InChI is InChI=1S/C19H17F2N/c20-18-7-6-14(9-19(18)21)17-10-16-8-15(17)12-22(16)11-13-4-2-1-3-5-13/h1-7,9,16H,8,10-12H2. The van der Waals surface area contributed by atoms with Crippen LogP contribution >= 0.6 is 0 Å². The Hall–Kier alpha value is -2.00. The zero-order valence-electron chi connectivity index (χ0n) is 12.2. The van der Waals surface area contributed by atoms with Crippen LogP contribution in [0.15, 0.2) is 54.1 Å². The molecule has 22 heavy (non-hydrogen) atoms.